The van der Waals surface area contributed by atoms with Gasteiger partial charge in [-0.2, -0.15) is 25.7 Å². The molecule has 0 nitrogen and oxygen atoms in total. The van der Waals surface area contributed by atoms with Crippen LogP contribution in [-0.2, 0) is 18.6 Å². The molecule has 0 spiro atoms. The molecule has 0 N–H and O–H groups in total. The van der Waals surface area contributed by atoms with Gasteiger partial charge in [0.25, 0.3) is 0 Å². The van der Waals surface area contributed by atoms with Gasteiger partial charge in [-0.1, -0.05) is 39.5 Å². The number of hydrogen-bond donors (Lipinski definition) is 0. The fourth-order valence-electron chi connectivity index (χ4n) is 2.19. The van der Waals surface area contributed by atoms with E-state index < -0.39 is 0 Å². The fourth-order valence-corrected chi connectivity index (χ4v) is 2.19. The molecule has 2 fully saturated rings. The van der Waals surface area contributed by atoms with Crippen LogP contribution in [0, 0.1) is 24.7 Å². The second-order valence-electron chi connectivity index (χ2n) is 5.10. The van der Waals surface area contributed by atoms with Crippen LogP contribution in [0.4, 0.5) is 0 Å². The van der Waals surface area contributed by atoms with Crippen molar-refractivity contribution < 1.29 is 18.6 Å². The van der Waals surface area contributed by atoms with E-state index in [4.69, 9.17) is 0 Å². The zero-order chi connectivity index (χ0) is 10.2. The van der Waals surface area contributed by atoms with Crippen LogP contribution >= 0.6 is 0 Å². The average molecular weight is 245 g/mol. The molecule has 87 valence electrons. The molecule has 0 atom stereocenters. The fraction of sp³-hybridized carbons (Fsp3) is 0.857. The molecule has 1 radical (unpaired) electrons. The van der Waals surface area contributed by atoms with Crippen molar-refractivity contribution in [1.82, 2.24) is 0 Å². The molecule has 0 amide bonds. The Balaban J connectivity index is 0.000000245. The van der Waals surface area contributed by atoms with Crippen molar-refractivity contribution in [2.75, 3.05) is 0 Å². The van der Waals surface area contributed by atoms with E-state index >= 15 is 0 Å². The van der Waals surface area contributed by atoms with Crippen molar-refractivity contribution in [2.24, 2.45) is 11.8 Å². The molecule has 2 saturated carbocycles. The van der Waals surface area contributed by atoms with Gasteiger partial charge < -0.3 is 12.8 Å². The maximum absolute atomic E-state index is 2.40. The summed E-state index contributed by atoms with van der Waals surface area (Å²) < 4.78 is 0. The Kier molecular flexibility index (Phi) is 10.2. The Labute approximate surface area is 108 Å². The van der Waals surface area contributed by atoms with E-state index in [9.17, 15) is 0 Å². The molecule has 0 aromatic rings. The van der Waals surface area contributed by atoms with Gasteiger partial charge in [-0.25, -0.2) is 0 Å². The zero-order valence-electron chi connectivity index (χ0n) is 10.4. The summed E-state index contributed by atoms with van der Waals surface area (Å²) in [6.45, 7) is 4.68. The summed E-state index contributed by atoms with van der Waals surface area (Å²) in [7, 11) is 0. The maximum atomic E-state index is 2.40. The molecule has 0 saturated heterocycles. The van der Waals surface area contributed by atoms with Gasteiger partial charge in [0, 0.05) is 0 Å². The van der Waals surface area contributed by atoms with E-state index in [1.165, 1.54) is 51.4 Å². The molecular formula is C14H26V. The van der Waals surface area contributed by atoms with Crippen molar-refractivity contribution in [3.63, 3.8) is 0 Å². The van der Waals surface area contributed by atoms with Gasteiger partial charge in [0.05, 0.1) is 0 Å². The molecule has 0 aliphatic heterocycles. The molecule has 2 rings (SSSR count). The van der Waals surface area contributed by atoms with Crippen LogP contribution in [0.25, 0.3) is 0 Å². The van der Waals surface area contributed by atoms with Crippen LogP contribution in [0.2, 0.25) is 0 Å². The molecule has 0 bridgehead atoms. The largest absolute Gasteiger partial charge is 2.00 e. The van der Waals surface area contributed by atoms with E-state index in [1.54, 1.807) is 0 Å². The van der Waals surface area contributed by atoms with Gasteiger partial charge in [0.15, 0.2) is 0 Å². The molecule has 0 unspecified atom stereocenters. The predicted molar refractivity (Wildman–Crippen MR) is 63.9 cm³/mol. The monoisotopic (exact) mass is 245 g/mol. The predicted octanol–water partition coefficient (Wildman–Crippen LogP) is 4.80. The second-order valence-corrected chi connectivity index (χ2v) is 5.10. The molecule has 2 aliphatic rings. The summed E-state index contributed by atoms with van der Waals surface area (Å²) in [6, 6.07) is 0. The summed E-state index contributed by atoms with van der Waals surface area (Å²) in [5, 5.41) is 0. The number of hydrogen-bond acceptors (Lipinski definition) is 0. The van der Waals surface area contributed by atoms with E-state index in [2.05, 4.69) is 26.7 Å². The zero-order valence-corrected chi connectivity index (χ0v) is 11.8. The minimum absolute atomic E-state index is 0. The van der Waals surface area contributed by atoms with Crippen LogP contribution < -0.4 is 0 Å². The molecule has 0 aromatic carbocycles. The first-order valence-corrected chi connectivity index (χ1v) is 6.42. The van der Waals surface area contributed by atoms with Crippen molar-refractivity contribution in [3.8, 4) is 0 Å². The van der Waals surface area contributed by atoms with Crippen LogP contribution in [0.1, 0.15) is 65.2 Å². The first-order chi connectivity index (χ1) is 6.79. The number of rotatable bonds is 0. The van der Waals surface area contributed by atoms with E-state index in [-0.39, 0.29) is 18.6 Å². The average Bonchev–Trinajstić information content (AvgIpc) is 2.21. The second kappa shape index (κ2) is 9.79. The maximum Gasteiger partial charge on any atom is 2.00 e. The van der Waals surface area contributed by atoms with Crippen molar-refractivity contribution >= 4 is 0 Å². The quantitative estimate of drug-likeness (QED) is 0.538. The van der Waals surface area contributed by atoms with Crippen LogP contribution in [0.15, 0.2) is 0 Å². The van der Waals surface area contributed by atoms with Crippen molar-refractivity contribution in [1.29, 1.82) is 0 Å². The molecule has 15 heavy (non-hydrogen) atoms. The summed E-state index contributed by atoms with van der Waals surface area (Å²) in [4.78, 5) is 0. The third-order valence-corrected chi connectivity index (χ3v) is 3.45. The standard InChI is InChI=1S/2C7H13.V/c2*1-7-5-3-2-4-6-7;/h2*2,7H,3-6H2,1H3;/q2*-1;+2. The normalized spacial score (nSPS) is 23.6. The summed E-state index contributed by atoms with van der Waals surface area (Å²) in [5.74, 6) is 2.01. The van der Waals surface area contributed by atoms with E-state index in [0.29, 0.717) is 0 Å². The van der Waals surface area contributed by atoms with Crippen molar-refractivity contribution in [2.45, 2.75) is 65.2 Å². The van der Waals surface area contributed by atoms with E-state index in [0.717, 1.165) is 11.8 Å². The Morgan fingerprint density at radius 3 is 1.07 bits per heavy atom. The summed E-state index contributed by atoms with van der Waals surface area (Å²) >= 11 is 0. The Hall–Kier alpha value is 0.584. The molecular weight excluding hydrogens is 219 g/mol. The third-order valence-electron chi connectivity index (χ3n) is 3.45. The third kappa shape index (κ3) is 8.40. The Bertz CT molecular complexity index is 105. The summed E-state index contributed by atoms with van der Waals surface area (Å²) in [6.07, 6.45) is 16.0. The van der Waals surface area contributed by atoms with Crippen LogP contribution in [-0.4, -0.2) is 0 Å². The van der Waals surface area contributed by atoms with Crippen molar-refractivity contribution in [3.05, 3.63) is 12.8 Å². The van der Waals surface area contributed by atoms with E-state index in [1.807, 2.05) is 0 Å². The summed E-state index contributed by atoms with van der Waals surface area (Å²) in [5.41, 5.74) is 0. The SMILES string of the molecule is CC1CC[CH-]CC1.CC1CC[CH-]CC1.[V+2]. The molecule has 2 aliphatic carbocycles. The van der Waals surface area contributed by atoms with Gasteiger partial charge in [0.2, 0.25) is 0 Å². The first kappa shape index (κ1) is 15.6. The van der Waals surface area contributed by atoms with Gasteiger partial charge in [-0.15, -0.1) is 0 Å². The smallest absolute Gasteiger partial charge is 0.328 e. The Morgan fingerprint density at radius 2 is 0.933 bits per heavy atom. The minimum Gasteiger partial charge on any atom is -0.328 e. The first-order valence-electron chi connectivity index (χ1n) is 6.42. The van der Waals surface area contributed by atoms with Gasteiger partial charge in [0.1, 0.15) is 0 Å². The van der Waals surface area contributed by atoms with Gasteiger partial charge >= 0.3 is 18.6 Å². The molecule has 1 heteroatoms. The molecule has 0 heterocycles. The van der Waals surface area contributed by atoms with Crippen LogP contribution in [0.5, 0.6) is 0 Å². The topological polar surface area (TPSA) is 0 Å². The van der Waals surface area contributed by atoms with Crippen LogP contribution in [0.3, 0.4) is 0 Å². The molecule has 0 aromatic heterocycles. The Morgan fingerprint density at radius 1 is 0.667 bits per heavy atom. The van der Waals surface area contributed by atoms with Gasteiger partial charge in [-0.05, 0) is 11.8 Å². The minimum atomic E-state index is 0. The van der Waals surface area contributed by atoms with Gasteiger partial charge in [-0.3, -0.25) is 0 Å².